The zero-order chi connectivity index (χ0) is 13.0. The molecule has 0 spiro atoms. The average molecular weight is 283 g/mol. The fraction of sp³-hybridized carbons (Fsp3) is 0.500. The fourth-order valence-corrected chi connectivity index (χ4v) is 3.30. The summed E-state index contributed by atoms with van der Waals surface area (Å²) in [7, 11) is 0. The fourth-order valence-electron chi connectivity index (χ4n) is 2.17. The molecule has 1 heterocycles. The number of hydrogen-bond acceptors (Lipinski definition) is 3. The van der Waals surface area contributed by atoms with Crippen molar-refractivity contribution in [3.63, 3.8) is 0 Å². The lowest BCUT2D eigenvalue weighted by Gasteiger charge is -2.11. The van der Waals surface area contributed by atoms with Gasteiger partial charge in [-0.15, -0.1) is 11.3 Å². The van der Waals surface area contributed by atoms with Gasteiger partial charge in [0.2, 0.25) is 0 Å². The molecule has 18 heavy (non-hydrogen) atoms. The van der Waals surface area contributed by atoms with Gasteiger partial charge in [-0.05, 0) is 49.9 Å². The third kappa shape index (κ3) is 3.44. The van der Waals surface area contributed by atoms with Gasteiger partial charge < -0.3 is 5.73 Å². The van der Waals surface area contributed by atoms with Crippen molar-refractivity contribution in [2.24, 2.45) is 11.7 Å². The van der Waals surface area contributed by atoms with Crippen LogP contribution in [-0.4, -0.2) is 11.5 Å². The number of aromatic nitrogens is 1. The molecule has 0 saturated heterocycles. The zero-order valence-electron chi connectivity index (χ0n) is 10.7. The number of nitrogens with two attached hydrogens (primary N) is 1. The van der Waals surface area contributed by atoms with E-state index in [0.717, 1.165) is 35.8 Å². The smallest absolute Gasteiger partial charge is 0.0938 e. The zero-order valence-corrected chi connectivity index (χ0v) is 12.2. The number of halogens is 1. The van der Waals surface area contributed by atoms with Crippen LogP contribution >= 0.6 is 22.9 Å². The minimum absolute atomic E-state index is 0.727. The normalized spacial score (nSPS) is 13.1. The first kappa shape index (κ1) is 13.8. The van der Waals surface area contributed by atoms with Crippen LogP contribution in [0.4, 0.5) is 0 Å². The Hall–Kier alpha value is -0.640. The molecule has 2 rings (SSSR count). The predicted octanol–water partition coefficient (Wildman–Crippen LogP) is 4.26. The number of aryl methyl sites for hydroxylation is 1. The second-order valence-electron chi connectivity index (χ2n) is 4.61. The molecule has 2 aromatic rings. The van der Waals surface area contributed by atoms with Crippen molar-refractivity contribution in [3.8, 4) is 0 Å². The Labute approximate surface area is 117 Å². The maximum absolute atomic E-state index is 5.97. The predicted molar refractivity (Wildman–Crippen MR) is 80.4 cm³/mol. The average Bonchev–Trinajstić information content (AvgIpc) is 2.76. The van der Waals surface area contributed by atoms with Gasteiger partial charge in [0.1, 0.15) is 0 Å². The van der Waals surface area contributed by atoms with Gasteiger partial charge in [0.25, 0.3) is 0 Å². The number of hydrogen-bond donors (Lipinski definition) is 1. The molecule has 2 nitrogen and oxygen atoms in total. The Morgan fingerprint density at radius 1 is 1.39 bits per heavy atom. The maximum atomic E-state index is 5.97. The van der Waals surface area contributed by atoms with E-state index in [1.54, 1.807) is 11.3 Å². The molecule has 0 aliphatic rings. The third-order valence-electron chi connectivity index (χ3n) is 3.31. The minimum Gasteiger partial charge on any atom is -0.330 e. The Morgan fingerprint density at radius 3 is 2.94 bits per heavy atom. The second kappa shape index (κ2) is 6.50. The first-order chi connectivity index (χ1) is 8.72. The molecular formula is C14H19ClN2S. The van der Waals surface area contributed by atoms with Gasteiger partial charge in [0.05, 0.1) is 15.2 Å². The van der Waals surface area contributed by atoms with Gasteiger partial charge in [-0.2, -0.15) is 0 Å². The lowest BCUT2D eigenvalue weighted by molar-refractivity contribution is 0.443. The van der Waals surface area contributed by atoms with Crippen molar-refractivity contribution >= 4 is 33.2 Å². The van der Waals surface area contributed by atoms with Crippen LogP contribution in [0.25, 0.3) is 10.2 Å². The highest BCUT2D eigenvalue weighted by Gasteiger charge is 2.09. The first-order valence-corrected chi connectivity index (χ1v) is 7.67. The largest absolute Gasteiger partial charge is 0.330 e. The Morgan fingerprint density at radius 2 is 2.22 bits per heavy atom. The van der Waals surface area contributed by atoms with Crippen molar-refractivity contribution in [2.45, 2.75) is 32.6 Å². The Bertz CT molecular complexity index is 509. The topological polar surface area (TPSA) is 38.9 Å². The van der Waals surface area contributed by atoms with Crippen molar-refractivity contribution in [1.29, 1.82) is 0 Å². The molecule has 1 aromatic carbocycles. The first-order valence-electron chi connectivity index (χ1n) is 6.48. The lowest BCUT2D eigenvalue weighted by atomic mass is 9.97. The summed E-state index contributed by atoms with van der Waals surface area (Å²) in [5.41, 5.74) is 6.65. The van der Waals surface area contributed by atoms with E-state index < -0.39 is 0 Å². The van der Waals surface area contributed by atoms with Gasteiger partial charge in [-0.1, -0.05) is 24.9 Å². The summed E-state index contributed by atoms with van der Waals surface area (Å²) in [5.74, 6) is 0.727. The van der Waals surface area contributed by atoms with E-state index in [0.29, 0.717) is 0 Å². The Kier molecular flexibility index (Phi) is 4.98. The highest BCUT2D eigenvalue weighted by atomic mass is 35.5. The third-order valence-corrected chi connectivity index (χ3v) is 4.64. The van der Waals surface area contributed by atoms with E-state index in [1.807, 2.05) is 12.1 Å². The molecule has 4 heteroatoms. The number of benzene rings is 1. The molecular weight excluding hydrogens is 264 g/mol. The molecule has 98 valence electrons. The second-order valence-corrected chi connectivity index (χ2v) is 6.16. The molecule has 1 aromatic heterocycles. The lowest BCUT2D eigenvalue weighted by Crippen LogP contribution is -2.08. The van der Waals surface area contributed by atoms with Crippen molar-refractivity contribution in [3.05, 3.63) is 28.2 Å². The van der Waals surface area contributed by atoms with Crippen LogP contribution in [0.2, 0.25) is 5.02 Å². The van der Waals surface area contributed by atoms with Crippen molar-refractivity contribution in [1.82, 2.24) is 4.98 Å². The van der Waals surface area contributed by atoms with Gasteiger partial charge in [0.15, 0.2) is 0 Å². The summed E-state index contributed by atoms with van der Waals surface area (Å²) < 4.78 is 1.22. The summed E-state index contributed by atoms with van der Waals surface area (Å²) in [5, 5.41) is 1.97. The SMILES string of the molecule is CCC(CCN)CCc1nc2cc(Cl)ccc2s1. The molecule has 1 unspecified atom stereocenters. The van der Waals surface area contributed by atoms with Gasteiger partial charge in [0, 0.05) is 5.02 Å². The van der Waals surface area contributed by atoms with E-state index in [4.69, 9.17) is 17.3 Å². The minimum atomic E-state index is 0.727. The molecule has 0 fully saturated rings. The van der Waals surface area contributed by atoms with Crippen LogP contribution in [0, 0.1) is 5.92 Å². The number of rotatable bonds is 6. The molecule has 2 N–H and O–H groups in total. The molecule has 1 atom stereocenters. The number of nitrogens with zero attached hydrogens (tertiary/aromatic N) is 1. The molecule has 0 saturated carbocycles. The highest BCUT2D eigenvalue weighted by Crippen LogP contribution is 2.27. The van der Waals surface area contributed by atoms with Crippen molar-refractivity contribution in [2.75, 3.05) is 6.54 Å². The van der Waals surface area contributed by atoms with Crippen molar-refractivity contribution < 1.29 is 0 Å². The van der Waals surface area contributed by atoms with Gasteiger partial charge in [-0.25, -0.2) is 4.98 Å². The van der Waals surface area contributed by atoms with Crippen LogP contribution < -0.4 is 5.73 Å². The van der Waals surface area contributed by atoms with E-state index in [-0.39, 0.29) is 0 Å². The van der Waals surface area contributed by atoms with Crippen LogP contribution in [0.5, 0.6) is 0 Å². The Balaban J connectivity index is 2.03. The summed E-state index contributed by atoms with van der Waals surface area (Å²) in [6.07, 6.45) is 4.55. The van der Waals surface area contributed by atoms with Crippen LogP contribution in [0.1, 0.15) is 31.2 Å². The summed E-state index contributed by atoms with van der Waals surface area (Å²) in [6.45, 7) is 3.02. The van der Waals surface area contributed by atoms with E-state index >= 15 is 0 Å². The van der Waals surface area contributed by atoms with Crippen LogP contribution in [0.3, 0.4) is 0 Å². The van der Waals surface area contributed by atoms with Gasteiger partial charge in [-0.3, -0.25) is 0 Å². The van der Waals surface area contributed by atoms with E-state index in [2.05, 4.69) is 18.0 Å². The van der Waals surface area contributed by atoms with E-state index in [9.17, 15) is 0 Å². The van der Waals surface area contributed by atoms with Crippen LogP contribution in [0.15, 0.2) is 18.2 Å². The molecule has 0 aliphatic heterocycles. The standard InChI is InChI=1S/C14H19ClN2S/c1-2-10(7-8-16)3-6-14-17-12-9-11(15)4-5-13(12)18-14/h4-5,9-10H,2-3,6-8,16H2,1H3. The number of fused-ring (bicyclic) bond motifs is 1. The summed E-state index contributed by atoms with van der Waals surface area (Å²) in [4.78, 5) is 4.64. The summed E-state index contributed by atoms with van der Waals surface area (Å²) in [6, 6.07) is 5.92. The highest BCUT2D eigenvalue weighted by molar-refractivity contribution is 7.18. The van der Waals surface area contributed by atoms with E-state index in [1.165, 1.54) is 22.5 Å². The molecule has 0 amide bonds. The monoisotopic (exact) mass is 282 g/mol. The molecule has 0 bridgehead atoms. The maximum Gasteiger partial charge on any atom is 0.0938 e. The molecule has 0 radical (unpaired) electrons. The summed E-state index contributed by atoms with van der Waals surface area (Å²) >= 11 is 7.75. The quantitative estimate of drug-likeness (QED) is 0.860. The molecule has 0 aliphatic carbocycles. The number of thiazole rings is 1. The van der Waals surface area contributed by atoms with Gasteiger partial charge >= 0.3 is 0 Å². The van der Waals surface area contributed by atoms with Crippen LogP contribution in [-0.2, 0) is 6.42 Å².